The maximum Gasteiger partial charge on any atom is 0.339 e. The predicted molar refractivity (Wildman–Crippen MR) is 73.9 cm³/mol. The molecule has 0 saturated carbocycles. The molecule has 0 radical (unpaired) electrons. The minimum absolute atomic E-state index is 0.132. The summed E-state index contributed by atoms with van der Waals surface area (Å²) < 4.78 is 0. The second-order valence-corrected chi connectivity index (χ2v) is 5.33. The van der Waals surface area contributed by atoms with Crippen LogP contribution in [0.3, 0.4) is 0 Å². The fraction of sp³-hybridized carbons (Fsp3) is 0.429. The van der Waals surface area contributed by atoms with Crippen molar-refractivity contribution in [3.63, 3.8) is 0 Å². The molecule has 1 unspecified atom stereocenters. The van der Waals surface area contributed by atoms with Gasteiger partial charge in [0.15, 0.2) is 0 Å². The normalized spacial score (nSPS) is 22.2. The van der Waals surface area contributed by atoms with Crippen molar-refractivity contribution in [1.82, 2.24) is 5.32 Å². The fourth-order valence-electron chi connectivity index (χ4n) is 2.32. The minimum Gasteiger partial charge on any atom is -0.507 e. The topological polar surface area (TPSA) is 98.7 Å². The highest BCUT2D eigenvalue weighted by molar-refractivity contribution is 5.97. The Morgan fingerprint density at radius 2 is 2.15 bits per heavy atom. The standard InChI is InChI=1S/C14H18N2O4/c1-14(5-2-6-15-8-14)13(20)16-9-3-4-10(12(18)19)11(17)7-9/h3-4,7,15,17H,2,5-6,8H2,1H3,(H,16,20)(H,18,19). The predicted octanol–water partition coefficient (Wildman–Crippen LogP) is 1.42. The van der Waals surface area contributed by atoms with Crippen LogP contribution < -0.4 is 10.6 Å². The molecule has 1 fully saturated rings. The van der Waals surface area contributed by atoms with E-state index in [0.717, 1.165) is 19.4 Å². The molecule has 1 aromatic carbocycles. The maximum absolute atomic E-state index is 12.3. The van der Waals surface area contributed by atoms with Gasteiger partial charge < -0.3 is 20.8 Å². The number of phenols is 1. The molecule has 2 rings (SSSR count). The van der Waals surface area contributed by atoms with E-state index in [2.05, 4.69) is 10.6 Å². The summed E-state index contributed by atoms with van der Waals surface area (Å²) in [5.41, 5.74) is -0.280. The summed E-state index contributed by atoms with van der Waals surface area (Å²) in [7, 11) is 0. The molecule has 1 aliphatic heterocycles. The van der Waals surface area contributed by atoms with E-state index in [1.54, 1.807) is 0 Å². The molecular weight excluding hydrogens is 260 g/mol. The van der Waals surface area contributed by atoms with Gasteiger partial charge in [-0.1, -0.05) is 0 Å². The third kappa shape index (κ3) is 2.91. The quantitative estimate of drug-likeness (QED) is 0.670. The molecule has 0 aromatic heterocycles. The van der Waals surface area contributed by atoms with Gasteiger partial charge in [-0.05, 0) is 38.4 Å². The molecule has 0 aliphatic carbocycles. The number of carboxylic acid groups (broad SMARTS) is 1. The molecule has 1 aliphatic rings. The number of carbonyl (C=O) groups is 2. The Morgan fingerprint density at radius 1 is 1.40 bits per heavy atom. The van der Waals surface area contributed by atoms with Crippen LogP contribution in [0.2, 0.25) is 0 Å². The molecule has 6 nitrogen and oxygen atoms in total. The van der Waals surface area contributed by atoms with Crippen LogP contribution in [0.1, 0.15) is 30.1 Å². The Morgan fingerprint density at radius 3 is 2.70 bits per heavy atom. The number of aromatic hydroxyl groups is 1. The molecule has 4 N–H and O–H groups in total. The van der Waals surface area contributed by atoms with Crippen molar-refractivity contribution in [3.8, 4) is 5.75 Å². The molecule has 6 heteroatoms. The molecule has 108 valence electrons. The number of anilines is 1. The summed E-state index contributed by atoms with van der Waals surface area (Å²) in [5, 5.41) is 24.3. The largest absolute Gasteiger partial charge is 0.507 e. The monoisotopic (exact) mass is 278 g/mol. The molecule has 0 bridgehead atoms. The number of amides is 1. The number of piperidine rings is 1. The minimum atomic E-state index is -1.20. The highest BCUT2D eigenvalue weighted by Gasteiger charge is 2.34. The smallest absolute Gasteiger partial charge is 0.339 e. The molecule has 1 amide bonds. The molecule has 1 atom stereocenters. The zero-order valence-electron chi connectivity index (χ0n) is 11.3. The lowest BCUT2D eigenvalue weighted by Crippen LogP contribution is -2.46. The van der Waals surface area contributed by atoms with E-state index in [0.29, 0.717) is 12.2 Å². The van der Waals surface area contributed by atoms with Gasteiger partial charge in [0.25, 0.3) is 0 Å². The lowest BCUT2D eigenvalue weighted by molar-refractivity contribution is -0.125. The van der Waals surface area contributed by atoms with Crippen molar-refractivity contribution in [2.75, 3.05) is 18.4 Å². The van der Waals surface area contributed by atoms with Crippen molar-refractivity contribution in [2.24, 2.45) is 5.41 Å². The van der Waals surface area contributed by atoms with Gasteiger partial charge in [0.1, 0.15) is 11.3 Å². The third-order valence-electron chi connectivity index (χ3n) is 3.63. The van der Waals surface area contributed by atoms with Gasteiger partial charge in [-0.3, -0.25) is 4.79 Å². The van der Waals surface area contributed by atoms with Crippen molar-refractivity contribution in [3.05, 3.63) is 23.8 Å². The van der Waals surface area contributed by atoms with Crippen molar-refractivity contribution in [2.45, 2.75) is 19.8 Å². The molecule has 20 heavy (non-hydrogen) atoms. The number of benzene rings is 1. The number of aromatic carboxylic acids is 1. The average molecular weight is 278 g/mol. The first-order valence-electron chi connectivity index (χ1n) is 6.51. The summed E-state index contributed by atoms with van der Waals surface area (Å²) in [5.74, 6) is -1.70. The summed E-state index contributed by atoms with van der Waals surface area (Å²) in [6.45, 7) is 3.41. The Labute approximate surface area is 116 Å². The van der Waals surface area contributed by atoms with E-state index in [1.807, 2.05) is 6.92 Å². The second kappa shape index (κ2) is 5.50. The highest BCUT2D eigenvalue weighted by Crippen LogP contribution is 2.28. The van der Waals surface area contributed by atoms with Crippen LogP contribution in [0.25, 0.3) is 0 Å². The number of carboxylic acids is 1. The van der Waals surface area contributed by atoms with Crippen LogP contribution in [-0.4, -0.2) is 35.2 Å². The fourth-order valence-corrected chi connectivity index (χ4v) is 2.32. The van der Waals surface area contributed by atoms with Crippen molar-refractivity contribution in [1.29, 1.82) is 0 Å². The van der Waals surface area contributed by atoms with Crippen LogP contribution in [0, 0.1) is 5.41 Å². The Hall–Kier alpha value is -2.08. The Bertz CT molecular complexity index is 536. The molecule has 1 aromatic rings. The van der Waals surface area contributed by atoms with Crippen LogP contribution >= 0.6 is 0 Å². The van der Waals surface area contributed by atoms with Crippen molar-refractivity contribution < 1.29 is 19.8 Å². The van der Waals surface area contributed by atoms with Gasteiger partial charge in [0, 0.05) is 18.3 Å². The second-order valence-electron chi connectivity index (χ2n) is 5.33. The van der Waals surface area contributed by atoms with E-state index in [9.17, 15) is 14.7 Å². The number of carbonyl (C=O) groups excluding carboxylic acids is 1. The van der Waals surface area contributed by atoms with E-state index in [1.165, 1.54) is 18.2 Å². The first-order chi connectivity index (χ1) is 9.42. The first-order valence-corrected chi connectivity index (χ1v) is 6.51. The van der Waals surface area contributed by atoms with Crippen LogP contribution in [0.5, 0.6) is 5.75 Å². The summed E-state index contributed by atoms with van der Waals surface area (Å²) in [6.07, 6.45) is 1.73. The number of hydrogen-bond acceptors (Lipinski definition) is 4. The van der Waals surface area contributed by atoms with Gasteiger partial charge in [0.2, 0.25) is 5.91 Å². The van der Waals surface area contributed by atoms with Gasteiger partial charge >= 0.3 is 5.97 Å². The Kier molecular flexibility index (Phi) is 3.94. The summed E-state index contributed by atoms with van der Waals surface area (Å²) in [4.78, 5) is 23.1. The van der Waals surface area contributed by atoms with Gasteiger partial charge in [-0.2, -0.15) is 0 Å². The number of hydrogen-bond donors (Lipinski definition) is 4. The molecular formula is C14H18N2O4. The van der Waals surface area contributed by atoms with Gasteiger partial charge in [-0.15, -0.1) is 0 Å². The SMILES string of the molecule is CC1(C(=O)Nc2ccc(C(=O)O)c(O)c2)CCCNC1. The number of rotatable bonds is 3. The van der Waals surface area contributed by atoms with Crippen LogP contribution in [-0.2, 0) is 4.79 Å². The zero-order chi connectivity index (χ0) is 14.8. The van der Waals surface area contributed by atoms with E-state index < -0.39 is 11.4 Å². The highest BCUT2D eigenvalue weighted by atomic mass is 16.4. The summed E-state index contributed by atoms with van der Waals surface area (Å²) in [6, 6.07) is 4.00. The maximum atomic E-state index is 12.3. The van der Waals surface area contributed by atoms with Gasteiger partial charge in [-0.25, -0.2) is 4.79 Å². The Balaban J connectivity index is 2.12. The lowest BCUT2D eigenvalue weighted by atomic mass is 9.82. The van der Waals surface area contributed by atoms with Crippen LogP contribution in [0.15, 0.2) is 18.2 Å². The lowest BCUT2D eigenvalue weighted by Gasteiger charge is -2.32. The van der Waals surface area contributed by atoms with E-state index in [4.69, 9.17) is 5.11 Å². The van der Waals surface area contributed by atoms with Crippen LogP contribution in [0.4, 0.5) is 5.69 Å². The average Bonchev–Trinajstić information content (AvgIpc) is 2.39. The molecule has 1 heterocycles. The molecule has 0 spiro atoms. The number of nitrogens with one attached hydrogen (secondary N) is 2. The van der Waals surface area contributed by atoms with Crippen molar-refractivity contribution >= 4 is 17.6 Å². The zero-order valence-corrected chi connectivity index (χ0v) is 11.3. The molecule has 1 saturated heterocycles. The summed E-state index contributed by atoms with van der Waals surface area (Å²) >= 11 is 0. The third-order valence-corrected chi connectivity index (χ3v) is 3.63. The van der Waals surface area contributed by atoms with Gasteiger partial charge in [0.05, 0.1) is 5.41 Å². The first kappa shape index (κ1) is 14.3. The van der Waals surface area contributed by atoms with E-state index >= 15 is 0 Å². The van der Waals surface area contributed by atoms with E-state index in [-0.39, 0.29) is 17.2 Å².